The van der Waals surface area contributed by atoms with Crippen LogP contribution in [0.2, 0.25) is 0 Å². The quantitative estimate of drug-likeness (QED) is 0.801. The number of ether oxygens (including phenoxy) is 1. The Morgan fingerprint density at radius 3 is 2.70 bits per heavy atom. The fraction of sp³-hybridized carbons (Fsp3) is 0.611. The fourth-order valence-corrected chi connectivity index (χ4v) is 3.01. The molecule has 3 unspecified atom stereocenters. The molecule has 5 heteroatoms. The van der Waals surface area contributed by atoms with E-state index in [-0.39, 0.29) is 30.3 Å². The molecule has 0 heterocycles. The zero-order valence-corrected chi connectivity index (χ0v) is 14.7. The molecule has 1 aliphatic carbocycles. The van der Waals surface area contributed by atoms with Crippen molar-refractivity contribution >= 4 is 18.3 Å². The van der Waals surface area contributed by atoms with Gasteiger partial charge in [0.2, 0.25) is 5.91 Å². The number of benzene rings is 1. The molecule has 2 rings (SSSR count). The predicted octanol–water partition coefficient (Wildman–Crippen LogP) is 3.15. The number of nitrogens with one attached hydrogen (secondary N) is 1. The molecule has 0 spiro atoms. The van der Waals surface area contributed by atoms with Crippen molar-refractivity contribution in [2.24, 2.45) is 17.6 Å². The highest BCUT2D eigenvalue weighted by Crippen LogP contribution is 2.24. The first-order chi connectivity index (χ1) is 10.7. The molecule has 130 valence electrons. The van der Waals surface area contributed by atoms with Crippen molar-refractivity contribution in [3.63, 3.8) is 0 Å². The van der Waals surface area contributed by atoms with E-state index >= 15 is 0 Å². The normalized spacial score (nSPS) is 21.8. The number of amides is 1. The summed E-state index contributed by atoms with van der Waals surface area (Å²) in [6, 6.07) is 9.96. The van der Waals surface area contributed by atoms with Crippen molar-refractivity contribution in [2.45, 2.75) is 45.1 Å². The first-order valence-corrected chi connectivity index (χ1v) is 8.39. The largest absolute Gasteiger partial charge is 0.494 e. The molecule has 0 aliphatic heterocycles. The van der Waals surface area contributed by atoms with Crippen LogP contribution in [-0.2, 0) is 4.79 Å². The fourth-order valence-electron chi connectivity index (χ4n) is 3.01. The van der Waals surface area contributed by atoms with Gasteiger partial charge in [-0.2, -0.15) is 0 Å². The van der Waals surface area contributed by atoms with E-state index < -0.39 is 0 Å². The number of hydrogen-bond donors (Lipinski definition) is 2. The van der Waals surface area contributed by atoms with E-state index in [4.69, 9.17) is 10.5 Å². The minimum absolute atomic E-state index is 0. The predicted molar refractivity (Wildman–Crippen MR) is 95.9 cm³/mol. The van der Waals surface area contributed by atoms with Crippen molar-refractivity contribution in [2.75, 3.05) is 13.2 Å². The van der Waals surface area contributed by atoms with Crippen molar-refractivity contribution in [1.29, 1.82) is 0 Å². The molecule has 1 amide bonds. The molecule has 0 saturated heterocycles. The van der Waals surface area contributed by atoms with E-state index in [1.807, 2.05) is 37.3 Å². The summed E-state index contributed by atoms with van der Waals surface area (Å²) in [4.78, 5) is 12.3. The Bertz CT molecular complexity index is 456. The minimum Gasteiger partial charge on any atom is -0.494 e. The summed E-state index contributed by atoms with van der Waals surface area (Å²) >= 11 is 0. The Balaban J connectivity index is 0.00000264. The molecule has 1 aliphatic rings. The molecular formula is C18H29ClN2O2. The first kappa shape index (κ1) is 19.8. The summed E-state index contributed by atoms with van der Waals surface area (Å²) in [7, 11) is 0. The van der Waals surface area contributed by atoms with E-state index in [0.717, 1.165) is 25.0 Å². The van der Waals surface area contributed by atoms with Gasteiger partial charge in [0.05, 0.1) is 6.61 Å². The number of carbonyl (C=O) groups excluding carboxylic acids is 1. The third-order valence-corrected chi connectivity index (χ3v) is 4.55. The van der Waals surface area contributed by atoms with Crippen LogP contribution >= 0.6 is 12.4 Å². The standard InChI is InChI=1S/C18H28N2O2.ClH/c1-14(11-12-22-16-8-3-2-4-9-16)18(21)20-17-10-6-5-7-15(17)13-19;/h2-4,8-9,14-15,17H,5-7,10-13,19H2,1H3,(H,20,21);1H. The third kappa shape index (κ3) is 6.40. The number of nitrogens with two attached hydrogens (primary N) is 1. The van der Waals surface area contributed by atoms with Crippen molar-refractivity contribution in [3.8, 4) is 5.75 Å². The summed E-state index contributed by atoms with van der Waals surface area (Å²) < 4.78 is 5.66. The Morgan fingerprint density at radius 1 is 1.30 bits per heavy atom. The van der Waals surface area contributed by atoms with Crippen LogP contribution in [0.5, 0.6) is 5.75 Å². The summed E-state index contributed by atoms with van der Waals surface area (Å²) in [5.74, 6) is 1.38. The molecule has 3 atom stereocenters. The van der Waals surface area contributed by atoms with Crippen LogP contribution in [0.1, 0.15) is 39.0 Å². The number of halogens is 1. The number of rotatable bonds is 7. The summed E-state index contributed by atoms with van der Waals surface area (Å²) in [6.07, 6.45) is 5.33. The molecule has 1 aromatic carbocycles. The van der Waals surface area contributed by atoms with Crippen LogP contribution in [0.15, 0.2) is 30.3 Å². The van der Waals surface area contributed by atoms with E-state index in [9.17, 15) is 4.79 Å². The van der Waals surface area contributed by atoms with E-state index in [1.165, 1.54) is 12.8 Å². The molecule has 4 nitrogen and oxygen atoms in total. The molecule has 3 N–H and O–H groups in total. The maximum absolute atomic E-state index is 12.3. The van der Waals surface area contributed by atoms with Gasteiger partial charge in [-0.25, -0.2) is 0 Å². The zero-order chi connectivity index (χ0) is 15.8. The van der Waals surface area contributed by atoms with Gasteiger partial charge in [-0.3, -0.25) is 4.79 Å². The lowest BCUT2D eigenvalue weighted by atomic mass is 9.84. The smallest absolute Gasteiger partial charge is 0.223 e. The van der Waals surface area contributed by atoms with Crippen molar-refractivity contribution < 1.29 is 9.53 Å². The van der Waals surface area contributed by atoms with Crippen LogP contribution in [-0.4, -0.2) is 25.1 Å². The van der Waals surface area contributed by atoms with Gasteiger partial charge >= 0.3 is 0 Å². The van der Waals surface area contributed by atoms with Crippen LogP contribution in [0.3, 0.4) is 0 Å². The van der Waals surface area contributed by atoms with Gasteiger partial charge in [0, 0.05) is 12.0 Å². The highest BCUT2D eigenvalue weighted by molar-refractivity contribution is 5.85. The van der Waals surface area contributed by atoms with Gasteiger partial charge in [0.15, 0.2) is 0 Å². The third-order valence-electron chi connectivity index (χ3n) is 4.55. The average molecular weight is 341 g/mol. The first-order valence-electron chi connectivity index (χ1n) is 8.39. The summed E-state index contributed by atoms with van der Waals surface area (Å²) in [6.45, 7) is 3.18. The molecule has 0 aromatic heterocycles. The second-order valence-electron chi connectivity index (χ2n) is 6.25. The number of carbonyl (C=O) groups is 1. The molecule has 23 heavy (non-hydrogen) atoms. The van der Waals surface area contributed by atoms with E-state index in [2.05, 4.69) is 5.32 Å². The molecule has 0 bridgehead atoms. The highest BCUT2D eigenvalue weighted by Gasteiger charge is 2.26. The van der Waals surface area contributed by atoms with Gasteiger partial charge in [0.1, 0.15) is 5.75 Å². The van der Waals surface area contributed by atoms with Gasteiger partial charge in [-0.15, -0.1) is 12.4 Å². The van der Waals surface area contributed by atoms with Gasteiger partial charge in [-0.05, 0) is 43.9 Å². The van der Waals surface area contributed by atoms with Gasteiger partial charge < -0.3 is 15.8 Å². The second-order valence-corrected chi connectivity index (χ2v) is 6.25. The Hall–Kier alpha value is -1.26. The number of hydrogen-bond acceptors (Lipinski definition) is 3. The highest BCUT2D eigenvalue weighted by atomic mass is 35.5. The van der Waals surface area contributed by atoms with Crippen molar-refractivity contribution in [1.82, 2.24) is 5.32 Å². The summed E-state index contributed by atoms with van der Waals surface area (Å²) in [5.41, 5.74) is 5.82. The molecule has 1 saturated carbocycles. The van der Waals surface area contributed by atoms with Crippen LogP contribution in [0.4, 0.5) is 0 Å². The van der Waals surface area contributed by atoms with Crippen LogP contribution < -0.4 is 15.8 Å². The molecule has 0 radical (unpaired) electrons. The lowest BCUT2D eigenvalue weighted by Gasteiger charge is -2.32. The van der Waals surface area contributed by atoms with Gasteiger partial charge in [-0.1, -0.05) is 38.0 Å². The lowest BCUT2D eigenvalue weighted by Crippen LogP contribution is -2.46. The van der Waals surface area contributed by atoms with Crippen molar-refractivity contribution in [3.05, 3.63) is 30.3 Å². The monoisotopic (exact) mass is 340 g/mol. The Labute approximate surface area is 145 Å². The minimum atomic E-state index is -0.0379. The molecule has 1 aromatic rings. The zero-order valence-electron chi connectivity index (χ0n) is 13.9. The molecule has 1 fully saturated rings. The lowest BCUT2D eigenvalue weighted by molar-refractivity contribution is -0.126. The Kier molecular flexibility index (Phi) is 9.03. The summed E-state index contributed by atoms with van der Waals surface area (Å²) in [5, 5.41) is 3.19. The second kappa shape index (κ2) is 10.5. The molecular weight excluding hydrogens is 312 g/mol. The Morgan fingerprint density at radius 2 is 2.00 bits per heavy atom. The SMILES string of the molecule is CC(CCOc1ccccc1)C(=O)NC1CCCCC1CN.Cl. The average Bonchev–Trinajstić information content (AvgIpc) is 2.56. The van der Waals surface area contributed by atoms with E-state index in [0.29, 0.717) is 19.1 Å². The van der Waals surface area contributed by atoms with Gasteiger partial charge in [0.25, 0.3) is 0 Å². The topological polar surface area (TPSA) is 64.3 Å². The maximum Gasteiger partial charge on any atom is 0.223 e. The number of para-hydroxylation sites is 1. The van der Waals surface area contributed by atoms with E-state index in [1.54, 1.807) is 0 Å². The maximum atomic E-state index is 12.3. The van der Waals surface area contributed by atoms with Crippen LogP contribution in [0, 0.1) is 11.8 Å². The van der Waals surface area contributed by atoms with Crippen LogP contribution in [0.25, 0.3) is 0 Å².